The minimum Gasteiger partial charge on any atom is -0.382 e. The van der Waals surface area contributed by atoms with Crippen LogP contribution in [0.3, 0.4) is 0 Å². The maximum absolute atomic E-state index is 5.05. The van der Waals surface area contributed by atoms with E-state index < -0.39 is 0 Å². The molecular formula is C8H18Cl4O. The van der Waals surface area contributed by atoms with Gasteiger partial charge < -0.3 is 4.74 Å². The Morgan fingerprint density at radius 3 is 1.23 bits per heavy atom. The molecule has 0 fully saturated rings. The minimum absolute atomic E-state index is 0.222. The van der Waals surface area contributed by atoms with Gasteiger partial charge in [-0.1, -0.05) is 0 Å². The fourth-order valence-electron chi connectivity index (χ4n) is 0.204. The molecule has 0 bridgehead atoms. The van der Waals surface area contributed by atoms with Gasteiger partial charge in [0.25, 0.3) is 0 Å². The topological polar surface area (TPSA) is 9.23 Å². The van der Waals surface area contributed by atoms with Gasteiger partial charge in [-0.05, 0) is 20.8 Å². The molecule has 0 heterocycles. The van der Waals surface area contributed by atoms with Crippen molar-refractivity contribution in [1.29, 1.82) is 0 Å². The third kappa shape index (κ3) is 95.6. The van der Waals surface area contributed by atoms with Crippen molar-refractivity contribution >= 4 is 46.4 Å². The first-order valence-corrected chi connectivity index (χ1v) is 5.98. The molecule has 0 aromatic rings. The lowest BCUT2D eigenvalue weighted by molar-refractivity contribution is 0.162. The number of alkyl halides is 4. The summed E-state index contributed by atoms with van der Waals surface area (Å²) in [6.45, 7) is 7.36. The highest BCUT2D eigenvalue weighted by molar-refractivity contribution is 6.43. The van der Waals surface area contributed by atoms with Crippen LogP contribution in [0.1, 0.15) is 20.8 Å². The van der Waals surface area contributed by atoms with E-state index in [9.17, 15) is 0 Å². The SMILES string of the molecule is CC(Cl)Cl.CCOCC.ClCCCl. The zero-order chi connectivity index (χ0) is 11.1. The molecule has 0 aromatic heterocycles. The summed E-state index contributed by atoms with van der Waals surface area (Å²) in [5.41, 5.74) is 0. The molecule has 0 N–H and O–H groups in total. The summed E-state index contributed by atoms with van der Waals surface area (Å²) in [6, 6.07) is 0. The van der Waals surface area contributed by atoms with Crippen LogP contribution in [-0.4, -0.2) is 29.8 Å². The van der Waals surface area contributed by atoms with Crippen LogP contribution in [0.4, 0.5) is 0 Å². The van der Waals surface area contributed by atoms with Gasteiger partial charge in [0.15, 0.2) is 0 Å². The molecule has 84 valence electrons. The average Bonchev–Trinajstić information content (AvgIpc) is 2.05. The van der Waals surface area contributed by atoms with Gasteiger partial charge in [0, 0.05) is 25.0 Å². The summed E-state index contributed by atoms with van der Waals surface area (Å²) >= 11 is 20.2. The quantitative estimate of drug-likeness (QED) is 0.695. The Labute approximate surface area is 102 Å². The zero-order valence-corrected chi connectivity index (χ0v) is 11.3. The van der Waals surface area contributed by atoms with Gasteiger partial charge in [0.2, 0.25) is 0 Å². The Bertz CT molecular complexity index is 55.4. The number of halogens is 4. The minimum atomic E-state index is -0.222. The highest BCUT2D eigenvalue weighted by Gasteiger charge is 1.75. The van der Waals surface area contributed by atoms with Crippen LogP contribution in [0.5, 0.6) is 0 Å². The van der Waals surface area contributed by atoms with Gasteiger partial charge in [-0.3, -0.25) is 0 Å². The summed E-state index contributed by atoms with van der Waals surface area (Å²) in [7, 11) is 0. The van der Waals surface area contributed by atoms with Crippen molar-refractivity contribution in [3.63, 3.8) is 0 Å². The summed E-state index contributed by atoms with van der Waals surface area (Å²) in [6.07, 6.45) is 0. The third-order valence-corrected chi connectivity index (χ3v) is 1.05. The number of hydrogen-bond acceptors (Lipinski definition) is 1. The number of rotatable bonds is 3. The Morgan fingerprint density at radius 2 is 1.23 bits per heavy atom. The molecule has 0 atom stereocenters. The second-order valence-corrected chi connectivity index (χ2v) is 3.97. The maximum atomic E-state index is 5.05. The molecule has 0 unspecified atom stereocenters. The highest BCUT2D eigenvalue weighted by Crippen LogP contribution is 1.95. The van der Waals surface area contributed by atoms with Crippen LogP contribution in [0.2, 0.25) is 0 Å². The molecule has 0 aliphatic carbocycles. The van der Waals surface area contributed by atoms with Crippen molar-refractivity contribution < 1.29 is 4.74 Å². The van der Waals surface area contributed by atoms with E-state index in [4.69, 9.17) is 51.1 Å². The molecule has 0 radical (unpaired) electrons. The molecule has 0 rings (SSSR count). The van der Waals surface area contributed by atoms with Crippen molar-refractivity contribution in [2.45, 2.75) is 25.6 Å². The number of ether oxygens (including phenoxy) is 1. The van der Waals surface area contributed by atoms with Gasteiger partial charge in [-0.15, -0.1) is 46.4 Å². The van der Waals surface area contributed by atoms with E-state index in [2.05, 4.69) is 0 Å². The molecule has 0 saturated heterocycles. The second-order valence-electron chi connectivity index (χ2n) is 1.68. The fourth-order valence-corrected chi connectivity index (χ4v) is 0.204. The first-order chi connectivity index (χ1) is 6.06. The first kappa shape index (κ1) is 19.7. The van der Waals surface area contributed by atoms with E-state index in [0.29, 0.717) is 11.8 Å². The van der Waals surface area contributed by atoms with E-state index in [0.717, 1.165) is 13.2 Å². The molecular weight excluding hydrogens is 254 g/mol. The highest BCUT2D eigenvalue weighted by atomic mass is 35.5. The van der Waals surface area contributed by atoms with Crippen molar-refractivity contribution in [1.82, 2.24) is 0 Å². The molecule has 0 amide bonds. The fraction of sp³-hybridized carbons (Fsp3) is 1.00. The zero-order valence-electron chi connectivity index (χ0n) is 8.33. The molecule has 5 heteroatoms. The maximum Gasteiger partial charge on any atom is 0.105 e. The predicted molar refractivity (Wildman–Crippen MR) is 64.8 cm³/mol. The average molecular weight is 272 g/mol. The van der Waals surface area contributed by atoms with Crippen molar-refractivity contribution in [3.05, 3.63) is 0 Å². The van der Waals surface area contributed by atoms with Crippen LogP contribution in [0.25, 0.3) is 0 Å². The lowest BCUT2D eigenvalue weighted by atomic mass is 10.8. The van der Waals surface area contributed by atoms with Crippen LogP contribution in [0.15, 0.2) is 0 Å². The van der Waals surface area contributed by atoms with Crippen LogP contribution < -0.4 is 0 Å². The van der Waals surface area contributed by atoms with Crippen LogP contribution in [-0.2, 0) is 4.74 Å². The van der Waals surface area contributed by atoms with E-state index in [1.54, 1.807) is 6.92 Å². The number of hydrogen-bond donors (Lipinski definition) is 0. The van der Waals surface area contributed by atoms with Crippen LogP contribution >= 0.6 is 46.4 Å². The van der Waals surface area contributed by atoms with Crippen molar-refractivity contribution in [2.75, 3.05) is 25.0 Å². The largest absolute Gasteiger partial charge is 0.382 e. The second kappa shape index (κ2) is 23.2. The smallest absolute Gasteiger partial charge is 0.105 e. The lowest BCUT2D eigenvalue weighted by Crippen LogP contribution is -1.84. The third-order valence-electron chi connectivity index (χ3n) is 0.480. The standard InChI is InChI=1S/C4H10O.2C2H4Cl2/c1-3-5-4-2;1-2(3)4;3-1-2-4/h3-4H2,1-2H3;2H,1H3;1-2H2. The van der Waals surface area contributed by atoms with Crippen molar-refractivity contribution in [2.24, 2.45) is 0 Å². The van der Waals surface area contributed by atoms with E-state index >= 15 is 0 Å². The Hall–Kier alpha value is 1.12. The summed E-state index contributed by atoms with van der Waals surface area (Å²) in [5, 5.41) is 0. The van der Waals surface area contributed by atoms with Gasteiger partial charge in [0.05, 0.1) is 0 Å². The normalized spacial score (nSPS) is 8.31. The Kier molecular flexibility index (Phi) is 35.0. The molecule has 1 nitrogen and oxygen atoms in total. The van der Waals surface area contributed by atoms with Gasteiger partial charge in [-0.25, -0.2) is 0 Å². The van der Waals surface area contributed by atoms with E-state index in [1.807, 2.05) is 13.8 Å². The van der Waals surface area contributed by atoms with E-state index in [1.165, 1.54) is 0 Å². The Balaban J connectivity index is -0.000000117. The van der Waals surface area contributed by atoms with E-state index in [-0.39, 0.29) is 4.84 Å². The molecule has 0 saturated carbocycles. The van der Waals surface area contributed by atoms with Gasteiger partial charge in [-0.2, -0.15) is 0 Å². The first-order valence-electron chi connectivity index (χ1n) is 4.04. The van der Waals surface area contributed by atoms with Gasteiger partial charge >= 0.3 is 0 Å². The Morgan fingerprint density at radius 1 is 1.00 bits per heavy atom. The summed E-state index contributed by atoms with van der Waals surface area (Å²) in [5.74, 6) is 1.11. The van der Waals surface area contributed by atoms with Gasteiger partial charge in [0.1, 0.15) is 4.84 Å². The molecule has 0 aliphatic rings. The summed E-state index contributed by atoms with van der Waals surface area (Å²) in [4.78, 5) is -0.222. The molecule has 0 aromatic carbocycles. The van der Waals surface area contributed by atoms with Crippen molar-refractivity contribution in [3.8, 4) is 0 Å². The monoisotopic (exact) mass is 270 g/mol. The van der Waals surface area contributed by atoms with Crippen LogP contribution in [0, 0.1) is 0 Å². The predicted octanol–water partition coefficient (Wildman–Crippen LogP) is 4.32. The molecule has 13 heavy (non-hydrogen) atoms. The summed E-state index contributed by atoms with van der Waals surface area (Å²) < 4.78 is 4.83. The molecule has 0 aliphatic heterocycles. The lowest BCUT2D eigenvalue weighted by Gasteiger charge is -1.86. The molecule has 0 spiro atoms.